The highest BCUT2D eigenvalue weighted by atomic mass is 16.6. The number of nitrogens with zero attached hydrogens (tertiary/aromatic N) is 6. The average molecular weight is 495 g/mol. The van der Waals surface area contributed by atoms with Crippen molar-refractivity contribution < 1.29 is 23.7 Å². The van der Waals surface area contributed by atoms with Gasteiger partial charge < -0.3 is 23.9 Å². The van der Waals surface area contributed by atoms with Crippen LogP contribution in [0.4, 0.5) is 17.3 Å². The third kappa shape index (κ3) is 5.59. The molecular formula is C24H26N6O6. The van der Waals surface area contributed by atoms with E-state index in [-0.39, 0.29) is 48.7 Å². The maximum atomic E-state index is 12.6. The zero-order valence-corrected chi connectivity index (χ0v) is 19.8. The van der Waals surface area contributed by atoms with Crippen LogP contribution < -0.4 is 9.80 Å². The third-order valence-corrected chi connectivity index (χ3v) is 5.71. The van der Waals surface area contributed by atoms with Crippen LogP contribution in [-0.4, -0.2) is 71.0 Å². The number of piperazine rings is 1. The Balaban J connectivity index is 1.60. The Kier molecular flexibility index (Phi) is 7.73. The minimum Gasteiger partial charge on any atom is -0.465 e. The first-order valence-corrected chi connectivity index (χ1v) is 11.5. The van der Waals surface area contributed by atoms with Crippen LogP contribution >= 0.6 is 0 Å². The smallest absolute Gasteiger partial charge is 0.353 e. The lowest BCUT2D eigenvalue weighted by atomic mass is 10.2. The van der Waals surface area contributed by atoms with Gasteiger partial charge in [-0.15, -0.1) is 0 Å². The monoisotopic (exact) mass is 494 g/mol. The van der Waals surface area contributed by atoms with Gasteiger partial charge in [-0.05, 0) is 24.6 Å². The van der Waals surface area contributed by atoms with Crippen LogP contribution in [0.15, 0.2) is 59.5 Å². The summed E-state index contributed by atoms with van der Waals surface area (Å²) in [6.07, 6.45) is 2.69. The second kappa shape index (κ2) is 11.3. The van der Waals surface area contributed by atoms with Gasteiger partial charge in [-0.3, -0.25) is 19.7 Å². The topological polar surface area (TPSA) is 135 Å². The van der Waals surface area contributed by atoms with Gasteiger partial charge in [-0.25, -0.2) is 9.97 Å². The second-order valence-corrected chi connectivity index (χ2v) is 8.03. The molecule has 0 saturated carbocycles. The fourth-order valence-electron chi connectivity index (χ4n) is 4.04. The van der Waals surface area contributed by atoms with E-state index in [4.69, 9.17) is 9.15 Å². The molecule has 0 aliphatic carbocycles. The number of amides is 1. The summed E-state index contributed by atoms with van der Waals surface area (Å²) in [5.74, 6) is -0.351. The second-order valence-electron chi connectivity index (χ2n) is 8.03. The van der Waals surface area contributed by atoms with Gasteiger partial charge in [-0.1, -0.05) is 30.3 Å². The van der Waals surface area contributed by atoms with Crippen molar-refractivity contribution >= 4 is 29.2 Å². The molecule has 1 amide bonds. The Bertz CT molecular complexity index is 1200. The van der Waals surface area contributed by atoms with E-state index in [0.29, 0.717) is 26.2 Å². The highest BCUT2D eigenvalue weighted by Gasteiger charge is 2.33. The lowest BCUT2D eigenvalue weighted by molar-refractivity contribution is -0.383. The summed E-state index contributed by atoms with van der Waals surface area (Å²) < 4.78 is 10.3. The van der Waals surface area contributed by atoms with E-state index in [1.165, 1.54) is 17.5 Å². The first kappa shape index (κ1) is 24.6. The zero-order valence-electron chi connectivity index (χ0n) is 19.8. The molecule has 3 aromatic rings. The fourth-order valence-corrected chi connectivity index (χ4v) is 4.04. The van der Waals surface area contributed by atoms with Gasteiger partial charge in [0.25, 0.3) is 5.91 Å². The molecule has 1 aromatic carbocycles. The quantitative estimate of drug-likeness (QED) is 0.248. The summed E-state index contributed by atoms with van der Waals surface area (Å²) >= 11 is 0. The van der Waals surface area contributed by atoms with E-state index in [1.807, 2.05) is 30.3 Å². The molecule has 1 aliphatic heterocycles. The molecule has 188 valence electrons. The van der Waals surface area contributed by atoms with E-state index in [1.54, 1.807) is 28.9 Å². The molecule has 4 rings (SSSR count). The Morgan fingerprint density at radius 2 is 1.86 bits per heavy atom. The lowest BCUT2D eigenvalue weighted by Gasteiger charge is -2.35. The summed E-state index contributed by atoms with van der Waals surface area (Å²) in [6, 6.07) is 12.5. The van der Waals surface area contributed by atoms with Gasteiger partial charge in [0.15, 0.2) is 5.76 Å². The molecule has 1 fully saturated rings. The number of benzene rings is 1. The van der Waals surface area contributed by atoms with Gasteiger partial charge in [0.2, 0.25) is 11.6 Å². The van der Waals surface area contributed by atoms with Crippen molar-refractivity contribution in [1.82, 2.24) is 14.9 Å². The first-order chi connectivity index (χ1) is 17.5. The lowest BCUT2D eigenvalue weighted by Crippen LogP contribution is -2.49. The van der Waals surface area contributed by atoms with Gasteiger partial charge in [0, 0.05) is 32.7 Å². The molecular weight excluding hydrogens is 468 g/mol. The predicted molar refractivity (Wildman–Crippen MR) is 130 cm³/mol. The molecule has 0 atom stereocenters. The molecule has 0 spiro atoms. The van der Waals surface area contributed by atoms with E-state index in [2.05, 4.69) is 9.97 Å². The minimum atomic E-state index is -0.534. The molecule has 1 aliphatic rings. The maximum Gasteiger partial charge on any atom is 0.353 e. The van der Waals surface area contributed by atoms with Gasteiger partial charge in [0.05, 0.1) is 17.8 Å². The van der Waals surface area contributed by atoms with Crippen molar-refractivity contribution in [2.75, 3.05) is 49.1 Å². The average Bonchev–Trinajstić information content (AvgIpc) is 3.43. The van der Waals surface area contributed by atoms with E-state index in [0.717, 1.165) is 5.56 Å². The van der Waals surface area contributed by atoms with Crippen LogP contribution in [0, 0.1) is 10.1 Å². The molecule has 0 unspecified atom stereocenters. The molecule has 12 nitrogen and oxygen atoms in total. The molecule has 0 N–H and O–H groups in total. The maximum absolute atomic E-state index is 12.6. The standard InChI is InChI=1S/C24H26N6O6/c1-2-35-20(31)16-29(15-18-7-4-3-5-8-18)23-21(30(33)34)22(25-17-26-23)27-10-12-28(13-11-27)24(32)19-9-6-14-36-19/h3-9,14,17H,2,10-13,15-16H2,1H3. The largest absolute Gasteiger partial charge is 0.465 e. The van der Waals surface area contributed by atoms with Crippen molar-refractivity contribution in [3.63, 3.8) is 0 Å². The Hall–Kier alpha value is -4.48. The fraction of sp³-hybridized carbons (Fsp3) is 0.333. The van der Waals surface area contributed by atoms with Crippen molar-refractivity contribution in [2.45, 2.75) is 13.5 Å². The molecule has 1 saturated heterocycles. The number of carbonyl (C=O) groups excluding carboxylic acids is 2. The number of esters is 1. The number of hydrogen-bond donors (Lipinski definition) is 0. The van der Waals surface area contributed by atoms with Crippen LogP contribution in [0.1, 0.15) is 23.0 Å². The number of furan rings is 1. The number of anilines is 2. The summed E-state index contributed by atoms with van der Waals surface area (Å²) in [7, 11) is 0. The summed E-state index contributed by atoms with van der Waals surface area (Å²) in [6.45, 7) is 3.23. The minimum absolute atomic E-state index is 0.0241. The van der Waals surface area contributed by atoms with Crippen molar-refractivity contribution in [3.05, 3.63) is 76.5 Å². The van der Waals surface area contributed by atoms with Crippen molar-refractivity contribution in [1.29, 1.82) is 0 Å². The highest BCUT2D eigenvalue weighted by Crippen LogP contribution is 2.35. The molecule has 0 bridgehead atoms. The molecule has 2 aromatic heterocycles. The van der Waals surface area contributed by atoms with Crippen LogP contribution in [0.3, 0.4) is 0 Å². The number of hydrogen-bond acceptors (Lipinski definition) is 10. The molecule has 3 heterocycles. The van der Waals surface area contributed by atoms with Crippen molar-refractivity contribution in [2.24, 2.45) is 0 Å². The van der Waals surface area contributed by atoms with Crippen LogP contribution in [-0.2, 0) is 16.1 Å². The number of rotatable bonds is 9. The SMILES string of the molecule is CCOC(=O)CN(Cc1ccccc1)c1ncnc(N2CCN(C(=O)c3ccco3)CC2)c1[N+](=O)[O-]. The Labute approximate surface area is 207 Å². The van der Waals surface area contributed by atoms with Crippen LogP contribution in [0.2, 0.25) is 0 Å². The number of nitro groups is 1. The van der Waals surface area contributed by atoms with Gasteiger partial charge in [0.1, 0.15) is 12.9 Å². The molecule has 0 radical (unpaired) electrons. The van der Waals surface area contributed by atoms with Crippen LogP contribution in [0.25, 0.3) is 0 Å². The van der Waals surface area contributed by atoms with Gasteiger partial charge in [-0.2, -0.15) is 0 Å². The summed E-state index contributed by atoms with van der Waals surface area (Å²) in [5.41, 5.74) is 0.546. The van der Waals surface area contributed by atoms with E-state index in [9.17, 15) is 19.7 Å². The van der Waals surface area contributed by atoms with Crippen LogP contribution in [0.5, 0.6) is 0 Å². The Morgan fingerprint density at radius 3 is 2.50 bits per heavy atom. The van der Waals surface area contributed by atoms with E-state index >= 15 is 0 Å². The first-order valence-electron chi connectivity index (χ1n) is 11.5. The van der Waals surface area contributed by atoms with Gasteiger partial charge >= 0.3 is 11.7 Å². The summed E-state index contributed by atoms with van der Waals surface area (Å²) in [4.78, 5) is 50.0. The third-order valence-electron chi connectivity index (χ3n) is 5.71. The number of aromatic nitrogens is 2. The highest BCUT2D eigenvalue weighted by molar-refractivity contribution is 5.91. The number of ether oxygens (including phenoxy) is 1. The Morgan fingerprint density at radius 1 is 1.11 bits per heavy atom. The normalized spacial score (nSPS) is 13.4. The molecule has 36 heavy (non-hydrogen) atoms. The number of carbonyl (C=O) groups is 2. The molecule has 12 heteroatoms. The predicted octanol–water partition coefficient (Wildman–Crippen LogP) is 2.51. The summed E-state index contributed by atoms with van der Waals surface area (Å²) in [5, 5.41) is 12.3. The van der Waals surface area contributed by atoms with Crippen molar-refractivity contribution in [3.8, 4) is 0 Å². The van der Waals surface area contributed by atoms with E-state index < -0.39 is 10.9 Å². The zero-order chi connectivity index (χ0) is 25.5.